The first-order valence-electron chi connectivity index (χ1n) is 6.70. The molecule has 0 aliphatic rings. The Bertz CT molecular complexity index is 401. The monoisotopic (exact) mass is 250 g/mol. The molecule has 1 rings (SSSR count). The van der Waals surface area contributed by atoms with E-state index in [-0.39, 0.29) is 0 Å². The second kappa shape index (κ2) is 6.03. The average Bonchev–Trinajstić information content (AvgIpc) is 2.37. The molecule has 1 aromatic rings. The summed E-state index contributed by atoms with van der Waals surface area (Å²) in [5, 5.41) is 3.16. The van der Waals surface area contributed by atoms with Gasteiger partial charge in [-0.15, -0.1) is 0 Å². The van der Waals surface area contributed by atoms with Crippen LogP contribution in [0.15, 0.2) is 0 Å². The third kappa shape index (κ3) is 2.92. The smallest absolute Gasteiger partial charge is 0.137 e. The highest BCUT2D eigenvalue weighted by molar-refractivity contribution is 5.58. The fourth-order valence-corrected chi connectivity index (χ4v) is 1.93. The average molecular weight is 250 g/mol. The standard InChI is InChI=1S/C14H26N4/c1-8-12-16-13(15-6)10(4)14(17-12)18(7)11(5)9(2)3/h9,11H,8H2,1-7H3,(H,15,16,17). The minimum Gasteiger partial charge on any atom is -0.373 e. The zero-order valence-electron chi connectivity index (χ0n) is 12.7. The molecule has 4 heteroatoms. The number of anilines is 2. The Morgan fingerprint density at radius 1 is 1.22 bits per heavy atom. The number of nitrogens with zero attached hydrogens (tertiary/aromatic N) is 3. The molecule has 1 aromatic heterocycles. The molecule has 1 unspecified atom stereocenters. The van der Waals surface area contributed by atoms with Crippen molar-refractivity contribution in [3.05, 3.63) is 11.4 Å². The van der Waals surface area contributed by atoms with E-state index in [4.69, 9.17) is 0 Å². The maximum Gasteiger partial charge on any atom is 0.137 e. The number of hydrogen-bond acceptors (Lipinski definition) is 4. The van der Waals surface area contributed by atoms with Crippen molar-refractivity contribution in [2.24, 2.45) is 5.92 Å². The van der Waals surface area contributed by atoms with Crippen LogP contribution in [0.5, 0.6) is 0 Å². The fourth-order valence-electron chi connectivity index (χ4n) is 1.93. The normalized spacial score (nSPS) is 12.7. The van der Waals surface area contributed by atoms with Gasteiger partial charge in [0.05, 0.1) is 0 Å². The van der Waals surface area contributed by atoms with Crippen LogP contribution in [-0.4, -0.2) is 30.1 Å². The Hall–Kier alpha value is -1.32. The number of aromatic nitrogens is 2. The Morgan fingerprint density at radius 3 is 2.28 bits per heavy atom. The summed E-state index contributed by atoms with van der Waals surface area (Å²) in [6.07, 6.45) is 0.853. The van der Waals surface area contributed by atoms with E-state index in [9.17, 15) is 0 Å². The molecule has 1 N–H and O–H groups in total. The van der Waals surface area contributed by atoms with Crippen molar-refractivity contribution in [2.45, 2.75) is 47.1 Å². The van der Waals surface area contributed by atoms with E-state index in [2.05, 4.69) is 61.9 Å². The second-order valence-corrected chi connectivity index (χ2v) is 5.14. The quantitative estimate of drug-likeness (QED) is 0.872. The predicted octanol–water partition coefficient (Wildman–Crippen LogP) is 2.87. The van der Waals surface area contributed by atoms with Crippen LogP contribution in [0.2, 0.25) is 0 Å². The molecule has 1 heterocycles. The number of rotatable bonds is 5. The first-order valence-corrected chi connectivity index (χ1v) is 6.70. The van der Waals surface area contributed by atoms with Gasteiger partial charge in [0.1, 0.15) is 17.5 Å². The summed E-state index contributed by atoms with van der Waals surface area (Å²) in [6.45, 7) is 10.9. The molecule has 0 bridgehead atoms. The van der Waals surface area contributed by atoms with Crippen LogP contribution in [-0.2, 0) is 6.42 Å². The predicted molar refractivity (Wildman–Crippen MR) is 78.4 cm³/mol. The molecule has 0 aliphatic carbocycles. The van der Waals surface area contributed by atoms with Gasteiger partial charge in [-0.05, 0) is 19.8 Å². The third-order valence-electron chi connectivity index (χ3n) is 3.63. The first-order chi connectivity index (χ1) is 8.42. The van der Waals surface area contributed by atoms with Crippen molar-refractivity contribution in [3.63, 3.8) is 0 Å². The van der Waals surface area contributed by atoms with Crippen LogP contribution in [0.4, 0.5) is 11.6 Å². The molecular formula is C14H26N4. The topological polar surface area (TPSA) is 41.1 Å². The molecular weight excluding hydrogens is 224 g/mol. The number of nitrogens with one attached hydrogen (secondary N) is 1. The molecule has 0 amide bonds. The molecule has 0 fully saturated rings. The minimum atomic E-state index is 0.452. The van der Waals surface area contributed by atoms with E-state index < -0.39 is 0 Å². The molecule has 102 valence electrons. The highest BCUT2D eigenvalue weighted by Crippen LogP contribution is 2.25. The van der Waals surface area contributed by atoms with E-state index in [0.29, 0.717) is 12.0 Å². The van der Waals surface area contributed by atoms with Gasteiger partial charge in [-0.1, -0.05) is 20.8 Å². The van der Waals surface area contributed by atoms with E-state index in [1.807, 2.05) is 7.05 Å². The highest BCUT2D eigenvalue weighted by Gasteiger charge is 2.19. The van der Waals surface area contributed by atoms with Crippen molar-refractivity contribution >= 4 is 11.6 Å². The van der Waals surface area contributed by atoms with Gasteiger partial charge in [0, 0.05) is 32.1 Å². The molecule has 0 spiro atoms. The molecule has 0 aliphatic heterocycles. The van der Waals surface area contributed by atoms with Crippen molar-refractivity contribution in [3.8, 4) is 0 Å². The molecule has 0 radical (unpaired) electrons. The largest absolute Gasteiger partial charge is 0.373 e. The van der Waals surface area contributed by atoms with Crippen molar-refractivity contribution < 1.29 is 0 Å². The van der Waals surface area contributed by atoms with Gasteiger partial charge < -0.3 is 10.2 Å². The minimum absolute atomic E-state index is 0.452. The van der Waals surface area contributed by atoms with Crippen LogP contribution in [0.25, 0.3) is 0 Å². The van der Waals surface area contributed by atoms with E-state index in [1.165, 1.54) is 0 Å². The van der Waals surface area contributed by atoms with Gasteiger partial charge in [0.25, 0.3) is 0 Å². The van der Waals surface area contributed by atoms with Crippen molar-refractivity contribution in [1.82, 2.24) is 9.97 Å². The summed E-state index contributed by atoms with van der Waals surface area (Å²) in [6, 6.07) is 0.452. The maximum absolute atomic E-state index is 4.68. The summed E-state index contributed by atoms with van der Waals surface area (Å²) in [7, 11) is 4.02. The van der Waals surface area contributed by atoms with Gasteiger partial charge >= 0.3 is 0 Å². The van der Waals surface area contributed by atoms with Gasteiger partial charge in [-0.2, -0.15) is 0 Å². The first kappa shape index (κ1) is 14.7. The van der Waals surface area contributed by atoms with Crippen LogP contribution in [0.3, 0.4) is 0 Å². The van der Waals surface area contributed by atoms with Crippen molar-refractivity contribution in [1.29, 1.82) is 0 Å². The van der Waals surface area contributed by atoms with Gasteiger partial charge in [-0.25, -0.2) is 9.97 Å². The molecule has 18 heavy (non-hydrogen) atoms. The van der Waals surface area contributed by atoms with Crippen LogP contribution >= 0.6 is 0 Å². The number of hydrogen-bond donors (Lipinski definition) is 1. The maximum atomic E-state index is 4.68. The Morgan fingerprint density at radius 2 is 1.83 bits per heavy atom. The van der Waals surface area contributed by atoms with E-state index in [1.54, 1.807) is 0 Å². The lowest BCUT2D eigenvalue weighted by Crippen LogP contribution is -2.34. The summed E-state index contributed by atoms with van der Waals surface area (Å²) in [5.74, 6) is 3.45. The Labute approximate surface area is 111 Å². The third-order valence-corrected chi connectivity index (χ3v) is 3.63. The summed E-state index contributed by atoms with van der Waals surface area (Å²) < 4.78 is 0. The van der Waals surface area contributed by atoms with Crippen LogP contribution in [0, 0.1) is 12.8 Å². The van der Waals surface area contributed by atoms with Crippen LogP contribution < -0.4 is 10.2 Å². The summed E-state index contributed by atoms with van der Waals surface area (Å²) >= 11 is 0. The van der Waals surface area contributed by atoms with E-state index in [0.717, 1.165) is 29.4 Å². The summed E-state index contributed by atoms with van der Waals surface area (Å²) in [4.78, 5) is 11.4. The zero-order chi connectivity index (χ0) is 13.9. The molecule has 4 nitrogen and oxygen atoms in total. The van der Waals surface area contributed by atoms with Gasteiger partial charge in [0.15, 0.2) is 0 Å². The highest BCUT2D eigenvalue weighted by atomic mass is 15.2. The SMILES string of the molecule is CCc1nc(NC)c(C)c(N(C)C(C)C(C)C)n1. The fraction of sp³-hybridized carbons (Fsp3) is 0.714. The lowest BCUT2D eigenvalue weighted by molar-refractivity contribution is 0.501. The molecule has 0 saturated carbocycles. The van der Waals surface area contributed by atoms with Crippen LogP contribution in [0.1, 0.15) is 39.1 Å². The number of aryl methyl sites for hydroxylation is 1. The van der Waals surface area contributed by atoms with Gasteiger partial charge in [-0.3, -0.25) is 0 Å². The summed E-state index contributed by atoms with van der Waals surface area (Å²) in [5.41, 5.74) is 1.12. The Kier molecular flexibility index (Phi) is 4.93. The van der Waals surface area contributed by atoms with Crippen molar-refractivity contribution in [2.75, 3.05) is 24.3 Å². The van der Waals surface area contributed by atoms with Gasteiger partial charge in [0.2, 0.25) is 0 Å². The molecule has 1 atom stereocenters. The second-order valence-electron chi connectivity index (χ2n) is 5.14. The lowest BCUT2D eigenvalue weighted by Gasteiger charge is -2.30. The lowest BCUT2D eigenvalue weighted by atomic mass is 10.0. The molecule has 0 saturated heterocycles. The Balaban J connectivity index is 3.21. The zero-order valence-corrected chi connectivity index (χ0v) is 12.7. The molecule has 0 aromatic carbocycles. The van der Waals surface area contributed by atoms with E-state index >= 15 is 0 Å².